The van der Waals surface area contributed by atoms with Crippen LogP contribution in [0, 0.1) is 0 Å². The first-order chi connectivity index (χ1) is 9.78. The highest BCUT2D eigenvalue weighted by molar-refractivity contribution is 5.36. The van der Waals surface area contributed by atoms with Crippen molar-refractivity contribution in [3.05, 3.63) is 59.7 Å². The zero-order valence-corrected chi connectivity index (χ0v) is 12.2. The SMILES string of the molecule is CNC(Cc1ccccc1OC)c1cccc(OC)c1. The Kier molecular flexibility index (Phi) is 5.02. The summed E-state index contributed by atoms with van der Waals surface area (Å²) in [6, 6.07) is 16.5. The molecule has 0 radical (unpaired) electrons. The van der Waals surface area contributed by atoms with Crippen LogP contribution in [0.25, 0.3) is 0 Å². The molecule has 106 valence electrons. The van der Waals surface area contributed by atoms with Gasteiger partial charge >= 0.3 is 0 Å². The molecule has 2 rings (SSSR count). The van der Waals surface area contributed by atoms with E-state index in [1.165, 1.54) is 11.1 Å². The topological polar surface area (TPSA) is 30.5 Å². The Labute approximate surface area is 120 Å². The third-order valence-corrected chi connectivity index (χ3v) is 3.46. The number of likely N-dealkylation sites (N-methyl/N-ethyl adjacent to an activating group) is 1. The molecule has 1 unspecified atom stereocenters. The summed E-state index contributed by atoms with van der Waals surface area (Å²) in [5.74, 6) is 1.80. The van der Waals surface area contributed by atoms with Gasteiger partial charge in [-0.3, -0.25) is 0 Å². The molecule has 0 saturated carbocycles. The van der Waals surface area contributed by atoms with Crippen LogP contribution in [0.2, 0.25) is 0 Å². The fraction of sp³-hybridized carbons (Fsp3) is 0.294. The Morgan fingerprint density at radius 3 is 2.50 bits per heavy atom. The molecule has 2 aromatic carbocycles. The predicted molar refractivity (Wildman–Crippen MR) is 81.5 cm³/mol. The third kappa shape index (κ3) is 3.31. The number of methoxy groups -OCH3 is 2. The quantitative estimate of drug-likeness (QED) is 0.875. The van der Waals surface area contributed by atoms with Crippen LogP contribution >= 0.6 is 0 Å². The molecule has 0 aliphatic rings. The number of hydrogen-bond donors (Lipinski definition) is 1. The zero-order chi connectivity index (χ0) is 14.4. The Balaban J connectivity index is 2.24. The van der Waals surface area contributed by atoms with Gasteiger partial charge in [0.2, 0.25) is 0 Å². The normalized spacial score (nSPS) is 11.9. The van der Waals surface area contributed by atoms with E-state index in [1.54, 1.807) is 14.2 Å². The van der Waals surface area contributed by atoms with Gasteiger partial charge in [0.05, 0.1) is 14.2 Å². The number of ether oxygens (including phenoxy) is 2. The van der Waals surface area contributed by atoms with Crippen molar-refractivity contribution in [2.45, 2.75) is 12.5 Å². The highest BCUT2D eigenvalue weighted by atomic mass is 16.5. The lowest BCUT2D eigenvalue weighted by molar-refractivity contribution is 0.405. The van der Waals surface area contributed by atoms with E-state index >= 15 is 0 Å². The molecule has 0 heterocycles. The third-order valence-electron chi connectivity index (χ3n) is 3.46. The molecule has 2 aromatic rings. The maximum atomic E-state index is 5.42. The van der Waals surface area contributed by atoms with E-state index in [2.05, 4.69) is 23.5 Å². The van der Waals surface area contributed by atoms with Crippen LogP contribution in [0.1, 0.15) is 17.2 Å². The molecule has 3 nitrogen and oxygen atoms in total. The van der Waals surface area contributed by atoms with E-state index in [0.29, 0.717) is 0 Å². The molecule has 1 N–H and O–H groups in total. The summed E-state index contributed by atoms with van der Waals surface area (Å²) in [5.41, 5.74) is 2.40. The van der Waals surface area contributed by atoms with Crippen LogP contribution in [-0.4, -0.2) is 21.3 Å². The van der Waals surface area contributed by atoms with Crippen LogP contribution in [-0.2, 0) is 6.42 Å². The van der Waals surface area contributed by atoms with E-state index < -0.39 is 0 Å². The molecule has 0 spiro atoms. The summed E-state index contributed by atoms with van der Waals surface area (Å²) >= 11 is 0. The van der Waals surface area contributed by atoms with E-state index in [9.17, 15) is 0 Å². The summed E-state index contributed by atoms with van der Waals surface area (Å²) in [6.07, 6.45) is 0.869. The van der Waals surface area contributed by atoms with Crippen LogP contribution in [0.3, 0.4) is 0 Å². The zero-order valence-electron chi connectivity index (χ0n) is 12.2. The molecule has 1 atom stereocenters. The second-order valence-electron chi connectivity index (χ2n) is 4.63. The van der Waals surface area contributed by atoms with Gasteiger partial charge in [0, 0.05) is 6.04 Å². The average Bonchev–Trinajstić information content (AvgIpc) is 2.53. The van der Waals surface area contributed by atoms with Gasteiger partial charge in [0.15, 0.2) is 0 Å². The van der Waals surface area contributed by atoms with E-state index in [0.717, 1.165) is 17.9 Å². The Hall–Kier alpha value is -2.00. The largest absolute Gasteiger partial charge is 0.497 e. The van der Waals surface area contributed by atoms with E-state index in [4.69, 9.17) is 9.47 Å². The van der Waals surface area contributed by atoms with Gasteiger partial charge in [0.25, 0.3) is 0 Å². The molecule has 0 aliphatic carbocycles. The maximum absolute atomic E-state index is 5.42. The van der Waals surface area contributed by atoms with E-state index in [1.807, 2.05) is 37.4 Å². The van der Waals surface area contributed by atoms with Crippen molar-refractivity contribution in [1.29, 1.82) is 0 Å². The minimum absolute atomic E-state index is 0.224. The molecule has 0 amide bonds. The van der Waals surface area contributed by atoms with Gasteiger partial charge in [-0.05, 0) is 42.8 Å². The predicted octanol–water partition coefficient (Wildman–Crippen LogP) is 3.21. The van der Waals surface area contributed by atoms with Crippen molar-refractivity contribution in [3.8, 4) is 11.5 Å². The van der Waals surface area contributed by atoms with Crippen molar-refractivity contribution in [2.75, 3.05) is 21.3 Å². The van der Waals surface area contributed by atoms with Crippen molar-refractivity contribution < 1.29 is 9.47 Å². The van der Waals surface area contributed by atoms with Gasteiger partial charge in [-0.25, -0.2) is 0 Å². The number of para-hydroxylation sites is 1. The standard InChI is InChI=1S/C17H21NO2/c1-18-16(13-8-6-9-15(11-13)19-2)12-14-7-4-5-10-17(14)20-3/h4-11,16,18H,12H2,1-3H3. The van der Waals surface area contributed by atoms with Crippen molar-refractivity contribution in [2.24, 2.45) is 0 Å². The smallest absolute Gasteiger partial charge is 0.122 e. The summed E-state index contributed by atoms with van der Waals surface area (Å²) < 4.78 is 10.7. The van der Waals surface area contributed by atoms with Gasteiger partial charge < -0.3 is 14.8 Å². The monoisotopic (exact) mass is 271 g/mol. The molecule has 0 fully saturated rings. The van der Waals surface area contributed by atoms with Crippen molar-refractivity contribution in [1.82, 2.24) is 5.32 Å². The first kappa shape index (κ1) is 14.4. The Bertz CT molecular complexity index is 554. The fourth-order valence-corrected chi connectivity index (χ4v) is 2.34. The number of rotatable bonds is 6. The van der Waals surface area contributed by atoms with E-state index in [-0.39, 0.29) is 6.04 Å². The minimum Gasteiger partial charge on any atom is -0.497 e. The molecule has 0 aliphatic heterocycles. The van der Waals surface area contributed by atoms with Crippen molar-refractivity contribution >= 4 is 0 Å². The highest BCUT2D eigenvalue weighted by Crippen LogP contribution is 2.26. The summed E-state index contributed by atoms with van der Waals surface area (Å²) in [5, 5.41) is 3.36. The lowest BCUT2D eigenvalue weighted by Crippen LogP contribution is -2.19. The van der Waals surface area contributed by atoms with Gasteiger partial charge in [-0.2, -0.15) is 0 Å². The first-order valence-electron chi connectivity index (χ1n) is 6.71. The summed E-state index contributed by atoms with van der Waals surface area (Å²) in [7, 11) is 5.37. The minimum atomic E-state index is 0.224. The Morgan fingerprint density at radius 2 is 1.80 bits per heavy atom. The van der Waals surface area contributed by atoms with Crippen LogP contribution in [0.4, 0.5) is 0 Å². The van der Waals surface area contributed by atoms with Gasteiger partial charge in [-0.15, -0.1) is 0 Å². The maximum Gasteiger partial charge on any atom is 0.122 e. The van der Waals surface area contributed by atoms with Gasteiger partial charge in [-0.1, -0.05) is 30.3 Å². The van der Waals surface area contributed by atoms with Crippen LogP contribution in [0.15, 0.2) is 48.5 Å². The lowest BCUT2D eigenvalue weighted by Gasteiger charge is -2.19. The van der Waals surface area contributed by atoms with Crippen molar-refractivity contribution in [3.63, 3.8) is 0 Å². The number of hydrogen-bond acceptors (Lipinski definition) is 3. The van der Waals surface area contributed by atoms with Crippen LogP contribution < -0.4 is 14.8 Å². The molecular formula is C17H21NO2. The molecule has 0 saturated heterocycles. The Morgan fingerprint density at radius 1 is 1.00 bits per heavy atom. The summed E-state index contributed by atoms with van der Waals surface area (Å²) in [6.45, 7) is 0. The molecule has 0 bridgehead atoms. The van der Waals surface area contributed by atoms with Gasteiger partial charge in [0.1, 0.15) is 11.5 Å². The number of nitrogens with one attached hydrogen (secondary N) is 1. The average molecular weight is 271 g/mol. The highest BCUT2D eigenvalue weighted by Gasteiger charge is 2.13. The molecule has 3 heteroatoms. The first-order valence-corrected chi connectivity index (χ1v) is 6.71. The van der Waals surface area contributed by atoms with Crippen LogP contribution in [0.5, 0.6) is 11.5 Å². The fourth-order valence-electron chi connectivity index (χ4n) is 2.34. The number of benzene rings is 2. The lowest BCUT2D eigenvalue weighted by atomic mass is 9.98. The molecule has 0 aromatic heterocycles. The summed E-state index contributed by atoms with van der Waals surface area (Å²) in [4.78, 5) is 0. The molecule has 20 heavy (non-hydrogen) atoms. The second kappa shape index (κ2) is 6.96. The molecular weight excluding hydrogens is 250 g/mol. The second-order valence-corrected chi connectivity index (χ2v) is 4.63.